The normalized spacial score (nSPS) is 10.3. The Balaban J connectivity index is 1.94. The molecule has 0 aromatic carbocycles. The average Bonchev–Trinajstić information content (AvgIpc) is 2.86. The standard InChI is InChI=1S/C13H14N4O4S2/c1-3-21-11(20)10-7(2)15-13(23-10)17-9(19)6-22-12-14-5-4-8(18)16-12/h4-5H,3,6H2,1-2H3,(H,14,16,18)(H,15,17,19). The molecule has 2 aromatic rings. The summed E-state index contributed by atoms with van der Waals surface area (Å²) in [7, 11) is 0. The fraction of sp³-hybridized carbons (Fsp3) is 0.308. The number of carbonyl (C=O) groups is 2. The van der Waals surface area contributed by atoms with Crippen LogP contribution in [0.4, 0.5) is 5.13 Å². The zero-order valence-electron chi connectivity index (χ0n) is 12.4. The zero-order valence-corrected chi connectivity index (χ0v) is 14.0. The number of aromatic nitrogens is 3. The van der Waals surface area contributed by atoms with Crippen molar-refractivity contribution in [3.63, 3.8) is 0 Å². The van der Waals surface area contributed by atoms with Crippen molar-refractivity contribution in [2.24, 2.45) is 0 Å². The van der Waals surface area contributed by atoms with Gasteiger partial charge in [0, 0.05) is 12.3 Å². The summed E-state index contributed by atoms with van der Waals surface area (Å²) in [5.41, 5.74) is 0.225. The van der Waals surface area contributed by atoms with Gasteiger partial charge in [0.2, 0.25) is 5.91 Å². The molecule has 122 valence electrons. The van der Waals surface area contributed by atoms with E-state index in [1.54, 1.807) is 13.8 Å². The number of esters is 1. The Morgan fingerprint density at radius 1 is 1.48 bits per heavy atom. The SMILES string of the molecule is CCOC(=O)c1sc(NC(=O)CSc2nccc(=O)[nH]2)nc1C. The molecule has 1 amide bonds. The second-order valence-electron chi connectivity index (χ2n) is 4.23. The van der Waals surface area contributed by atoms with E-state index in [4.69, 9.17) is 4.74 Å². The first-order valence-corrected chi connectivity index (χ1v) is 8.42. The van der Waals surface area contributed by atoms with Crippen molar-refractivity contribution in [2.45, 2.75) is 19.0 Å². The molecule has 2 heterocycles. The monoisotopic (exact) mass is 354 g/mol. The van der Waals surface area contributed by atoms with E-state index in [-0.39, 0.29) is 23.8 Å². The fourth-order valence-electron chi connectivity index (χ4n) is 1.55. The van der Waals surface area contributed by atoms with Crippen molar-refractivity contribution in [3.8, 4) is 0 Å². The molecule has 0 fully saturated rings. The summed E-state index contributed by atoms with van der Waals surface area (Å²) in [6.45, 7) is 3.67. The van der Waals surface area contributed by atoms with Gasteiger partial charge in [-0.2, -0.15) is 0 Å². The quantitative estimate of drug-likeness (QED) is 0.458. The third kappa shape index (κ3) is 4.89. The Hall–Kier alpha value is -2.20. The lowest BCUT2D eigenvalue weighted by molar-refractivity contribution is -0.113. The fourth-order valence-corrected chi connectivity index (χ4v) is 3.08. The molecule has 2 aromatic heterocycles. The number of H-pyrrole nitrogens is 1. The van der Waals surface area contributed by atoms with Crippen LogP contribution in [0.5, 0.6) is 0 Å². The molecule has 2 N–H and O–H groups in total. The number of aryl methyl sites for hydroxylation is 1. The number of rotatable bonds is 6. The summed E-state index contributed by atoms with van der Waals surface area (Å²) in [5, 5.41) is 3.29. The highest BCUT2D eigenvalue weighted by atomic mass is 32.2. The third-order valence-electron chi connectivity index (χ3n) is 2.49. The maximum absolute atomic E-state index is 11.9. The van der Waals surface area contributed by atoms with E-state index < -0.39 is 5.97 Å². The molecule has 0 atom stereocenters. The Morgan fingerprint density at radius 2 is 2.26 bits per heavy atom. The van der Waals surface area contributed by atoms with Gasteiger partial charge >= 0.3 is 5.97 Å². The molecule has 2 rings (SSSR count). The Kier molecular flexibility index (Phi) is 5.88. The summed E-state index contributed by atoms with van der Waals surface area (Å²) >= 11 is 2.15. The lowest BCUT2D eigenvalue weighted by Gasteiger charge is -2.01. The number of anilines is 1. The van der Waals surface area contributed by atoms with Gasteiger partial charge in [-0.05, 0) is 13.8 Å². The minimum absolute atomic E-state index is 0.0559. The first kappa shape index (κ1) is 17.2. The van der Waals surface area contributed by atoms with Crippen LogP contribution < -0.4 is 10.9 Å². The van der Waals surface area contributed by atoms with Crippen LogP contribution in [0, 0.1) is 6.92 Å². The van der Waals surface area contributed by atoms with E-state index >= 15 is 0 Å². The number of hydrogen-bond acceptors (Lipinski definition) is 8. The van der Waals surface area contributed by atoms with Crippen LogP contribution in [0.1, 0.15) is 22.3 Å². The van der Waals surface area contributed by atoms with Crippen molar-refractivity contribution in [3.05, 3.63) is 33.2 Å². The van der Waals surface area contributed by atoms with Gasteiger partial charge in [0.15, 0.2) is 10.3 Å². The molecule has 0 aliphatic carbocycles. The summed E-state index contributed by atoms with van der Waals surface area (Å²) < 4.78 is 4.92. The van der Waals surface area contributed by atoms with Crippen LogP contribution in [0.3, 0.4) is 0 Å². The van der Waals surface area contributed by atoms with Crippen LogP contribution in [0.25, 0.3) is 0 Å². The predicted octanol–water partition coefficient (Wildman–Crippen LogP) is 1.44. The van der Waals surface area contributed by atoms with Crippen LogP contribution in [-0.4, -0.2) is 39.2 Å². The molecule has 0 spiro atoms. The second kappa shape index (κ2) is 7.88. The molecule has 0 bridgehead atoms. The van der Waals surface area contributed by atoms with E-state index in [9.17, 15) is 14.4 Å². The third-order valence-corrected chi connectivity index (χ3v) is 4.43. The molecular weight excluding hydrogens is 340 g/mol. The van der Waals surface area contributed by atoms with Gasteiger partial charge in [-0.25, -0.2) is 14.8 Å². The molecule has 10 heteroatoms. The van der Waals surface area contributed by atoms with E-state index in [0.29, 0.717) is 20.9 Å². The molecule has 0 aliphatic rings. The number of ether oxygens (including phenoxy) is 1. The summed E-state index contributed by atoms with van der Waals surface area (Å²) in [5.74, 6) is -0.713. The Morgan fingerprint density at radius 3 is 2.96 bits per heavy atom. The lowest BCUT2D eigenvalue weighted by atomic mass is 10.4. The van der Waals surface area contributed by atoms with Gasteiger partial charge in [-0.3, -0.25) is 9.59 Å². The number of hydrogen-bond donors (Lipinski definition) is 2. The highest BCUT2D eigenvalue weighted by Crippen LogP contribution is 2.23. The first-order chi connectivity index (χ1) is 11.0. The molecule has 0 saturated carbocycles. The summed E-state index contributed by atoms with van der Waals surface area (Å²) in [6, 6.07) is 1.29. The van der Waals surface area contributed by atoms with Gasteiger partial charge in [-0.15, -0.1) is 0 Å². The topological polar surface area (TPSA) is 114 Å². The van der Waals surface area contributed by atoms with Crippen molar-refractivity contribution in [2.75, 3.05) is 17.7 Å². The highest BCUT2D eigenvalue weighted by molar-refractivity contribution is 7.99. The minimum atomic E-state index is -0.455. The maximum Gasteiger partial charge on any atom is 0.350 e. The van der Waals surface area contributed by atoms with Gasteiger partial charge < -0.3 is 15.0 Å². The zero-order chi connectivity index (χ0) is 16.8. The summed E-state index contributed by atoms with van der Waals surface area (Å²) in [6.07, 6.45) is 1.37. The molecule has 0 radical (unpaired) electrons. The Labute approximate surface area is 139 Å². The minimum Gasteiger partial charge on any atom is -0.462 e. The van der Waals surface area contributed by atoms with Crippen LogP contribution in [-0.2, 0) is 9.53 Å². The number of nitrogens with zero attached hydrogens (tertiary/aromatic N) is 2. The van der Waals surface area contributed by atoms with Gasteiger partial charge in [-0.1, -0.05) is 23.1 Å². The molecular formula is C13H14N4O4S2. The number of thioether (sulfide) groups is 1. The smallest absolute Gasteiger partial charge is 0.350 e. The second-order valence-corrected chi connectivity index (χ2v) is 6.19. The average molecular weight is 354 g/mol. The van der Waals surface area contributed by atoms with Crippen molar-refractivity contribution < 1.29 is 14.3 Å². The molecule has 23 heavy (non-hydrogen) atoms. The van der Waals surface area contributed by atoms with Crippen LogP contribution in [0.2, 0.25) is 0 Å². The largest absolute Gasteiger partial charge is 0.462 e. The van der Waals surface area contributed by atoms with Crippen LogP contribution >= 0.6 is 23.1 Å². The molecule has 0 aliphatic heterocycles. The molecule has 8 nitrogen and oxygen atoms in total. The molecule has 0 saturated heterocycles. The van der Waals surface area contributed by atoms with Crippen molar-refractivity contribution in [1.29, 1.82) is 0 Å². The number of amides is 1. The van der Waals surface area contributed by atoms with Gasteiger partial charge in [0.05, 0.1) is 18.1 Å². The lowest BCUT2D eigenvalue weighted by Crippen LogP contribution is -2.15. The van der Waals surface area contributed by atoms with Crippen molar-refractivity contribution in [1.82, 2.24) is 15.0 Å². The van der Waals surface area contributed by atoms with E-state index in [1.807, 2.05) is 0 Å². The number of carbonyl (C=O) groups excluding carboxylic acids is 2. The highest BCUT2D eigenvalue weighted by Gasteiger charge is 2.17. The van der Waals surface area contributed by atoms with Gasteiger partial charge in [0.25, 0.3) is 5.56 Å². The van der Waals surface area contributed by atoms with E-state index in [2.05, 4.69) is 20.3 Å². The number of aromatic amines is 1. The first-order valence-electron chi connectivity index (χ1n) is 6.62. The van der Waals surface area contributed by atoms with E-state index in [1.165, 1.54) is 12.3 Å². The van der Waals surface area contributed by atoms with Crippen LogP contribution in [0.15, 0.2) is 22.2 Å². The van der Waals surface area contributed by atoms with Gasteiger partial charge in [0.1, 0.15) is 4.88 Å². The summed E-state index contributed by atoms with van der Waals surface area (Å²) in [4.78, 5) is 45.6. The van der Waals surface area contributed by atoms with E-state index in [0.717, 1.165) is 23.1 Å². The van der Waals surface area contributed by atoms with Crippen molar-refractivity contribution >= 4 is 40.1 Å². The number of nitrogens with one attached hydrogen (secondary N) is 2. The predicted molar refractivity (Wildman–Crippen MR) is 87.0 cm³/mol. The number of thiazole rings is 1. The molecule has 0 unspecified atom stereocenters. The maximum atomic E-state index is 11.9. The Bertz CT molecular complexity index is 771.